The predicted octanol–water partition coefficient (Wildman–Crippen LogP) is 4.66. The number of carbonyl (C=O) groups is 2. The van der Waals surface area contributed by atoms with E-state index in [9.17, 15) is 14.7 Å². The summed E-state index contributed by atoms with van der Waals surface area (Å²) >= 11 is 0. The van der Waals surface area contributed by atoms with Crippen molar-refractivity contribution in [2.75, 3.05) is 6.61 Å². The number of aliphatic hydroxyl groups excluding tert-OH is 1. The minimum absolute atomic E-state index is 0.0558. The van der Waals surface area contributed by atoms with Crippen molar-refractivity contribution in [2.24, 2.45) is 0 Å². The fraction of sp³-hybridized carbons (Fsp3) is 0.148. The first-order valence-corrected chi connectivity index (χ1v) is 10.7. The number of hydrogen-bond donors (Lipinski definition) is 1. The number of amides is 1. The van der Waals surface area contributed by atoms with Crippen molar-refractivity contribution in [1.82, 2.24) is 9.88 Å². The normalized spacial score (nSPS) is 16.0. The van der Waals surface area contributed by atoms with Crippen LogP contribution in [0.2, 0.25) is 0 Å². The highest BCUT2D eigenvalue weighted by atomic mass is 16.5. The third kappa shape index (κ3) is 4.85. The van der Waals surface area contributed by atoms with E-state index in [-0.39, 0.29) is 12.1 Å². The van der Waals surface area contributed by atoms with E-state index >= 15 is 0 Å². The summed E-state index contributed by atoms with van der Waals surface area (Å²) in [4.78, 5) is 31.9. The average Bonchev–Trinajstić information content (AvgIpc) is 3.09. The third-order valence-electron chi connectivity index (χ3n) is 5.38. The summed E-state index contributed by atoms with van der Waals surface area (Å²) in [5.41, 5.74) is 2.40. The van der Waals surface area contributed by atoms with E-state index < -0.39 is 23.5 Å². The Hall–Kier alpha value is -4.19. The molecule has 166 valence electrons. The summed E-state index contributed by atoms with van der Waals surface area (Å²) in [5, 5.41) is 10.7. The third-order valence-corrected chi connectivity index (χ3v) is 5.38. The van der Waals surface area contributed by atoms with Gasteiger partial charge in [0, 0.05) is 18.9 Å². The molecule has 0 spiro atoms. The van der Waals surface area contributed by atoms with E-state index in [1.54, 1.807) is 36.7 Å². The van der Waals surface area contributed by atoms with Gasteiger partial charge in [0.05, 0.1) is 18.2 Å². The number of ether oxygens (including phenoxy) is 1. The Labute approximate surface area is 192 Å². The molecule has 0 radical (unpaired) electrons. The van der Waals surface area contributed by atoms with Crippen molar-refractivity contribution in [1.29, 1.82) is 0 Å². The zero-order valence-electron chi connectivity index (χ0n) is 18.2. The second-order valence-electron chi connectivity index (χ2n) is 7.57. The molecule has 1 aliphatic heterocycles. The molecule has 0 saturated carbocycles. The first-order valence-electron chi connectivity index (χ1n) is 10.7. The van der Waals surface area contributed by atoms with Crippen LogP contribution in [0.4, 0.5) is 0 Å². The summed E-state index contributed by atoms with van der Waals surface area (Å²) in [6.07, 6.45) is 6.38. The maximum Gasteiger partial charge on any atom is 0.290 e. The van der Waals surface area contributed by atoms with Crippen LogP contribution in [0, 0.1) is 0 Å². The molecule has 1 aromatic heterocycles. The second kappa shape index (κ2) is 9.96. The first-order chi connectivity index (χ1) is 16.1. The van der Waals surface area contributed by atoms with E-state index in [1.807, 2.05) is 55.5 Å². The number of benzene rings is 2. The number of rotatable bonds is 8. The van der Waals surface area contributed by atoms with Gasteiger partial charge >= 0.3 is 0 Å². The molecule has 1 aliphatic rings. The van der Waals surface area contributed by atoms with Crippen LogP contribution in [0.3, 0.4) is 0 Å². The van der Waals surface area contributed by atoms with E-state index in [0.29, 0.717) is 17.9 Å². The second-order valence-corrected chi connectivity index (χ2v) is 7.57. The average molecular weight is 440 g/mol. The van der Waals surface area contributed by atoms with Crippen molar-refractivity contribution < 1.29 is 19.4 Å². The van der Waals surface area contributed by atoms with Crippen molar-refractivity contribution in [3.05, 3.63) is 113 Å². The van der Waals surface area contributed by atoms with Crippen LogP contribution in [0.5, 0.6) is 5.75 Å². The molecular formula is C27H24N2O4. The molecule has 3 aromatic rings. The van der Waals surface area contributed by atoms with Gasteiger partial charge in [-0.1, -0.05) is 54.6 Å². The smallest absolute Gasteiger partial charge is 0.290 e. The van der Waals surface area contributed by atoms with Crippen molar-refractivity contribution in [3.8, 4) is 5.75 Å². The van der Waals surface area contributed by atoms with Crippen LogP contribution in [0.1, 0.15) is 29.7 Å². The SMILES string of the molecule is CCOc1ccc(C2C(C(=O)C=Cc3ccccc3)=C(O)C(=O)N2Cc2cccnc2)cc1. The maximum atomic E-state index is 13.2. The minimum atomic E-state index is -0.735. The quantitative estimate of drug-likeness (QED) is 0.516. The van der Waals surface area contributed by atoms with E-state index in [1.165, 1.54) is 11.0 Å². The molecule has 0 bridgehead atoms. The molecule has 1 amide bonds. The molecule has 6 heteroatoms. The molecule has 1 N–H and O–H groups in total. The number of carbonyl (C=O) groups excluding carboxylic acids is 2. The highest BCUT2D eigenvalue weighted by Crippen LogP contribution is 2.39. The molecule has 2 heterocycles. The Morgan fingerprint density at radius 3 is 2.52 bits per heavy atom. The summed E-state index contributed by atoms with van der Waals surface area (Å²) in [6, 6.07) is 19.5. The lowest BCUT2D eigenvalue weighted by Gasteiger charge is -2.26. The number of nitrogens with zero attached hydrogens (tertiary/aromatic N) is 2. The predicted molar refractivity (Wildman–Crippen MR) is 125 cm³/mol. The number of aromatic nitrogens is 1. The number of ketones is 1. The van der Waals surface area contributed by atoms with Gasteiger partial charge in [-0.25, -0.2) is 0 Å². The molecule has 1 atom stereocenters. The van der Waals surface area contributed by atoms with Crippen LogP contribution >= 0.6 is 0 Å². The topological polar surface area (TPSA) is 79.7 Å². The largest absolute Gasteiger partial charge is 0.503 e. The molecule has 0 saturated heterocycles. The number of aliphatic hydroxyl groups is 1. The standard InChI is InChI=1S/C27H24N2O4/c1-2-33-22-13-11-21(12-14-22)25-24(23(30)15-10-19-7-4-3-5-8-19)26(31)27(32)29(25)18-20-9-6-16-28-17-20/h3-17,25,31H,2,18H2,1H3. The zero-order chi connectivity index (χ0) is 23.2. The lowest BCUT2D eigenvalue weighted by atomic mass is 9.95. The molecule has 0 aliphatic carbocycles. The first kappa shape index (κ1) is 22.0. The highest BCUT2D eigenvalue weighted by Gasteiger charge is 2.42. The van der Waals surface area contributed by atoms with E-state index in [4.69, 9.17) is 4.74 Å². The van der Waals surface area contributed by atoms with Crippen LogP contribution in [-0.4, -0.2) is 33.3 Å². The Balaban J connectivity index is 1.71. The van der Waals surface area contributed by atoms with E-state index in [0.717, 1.165) is 11.1 Å². The van der Waals surface area contributed by atoms with Gasteiger partial charge < -0.3 is 14.7 Å². The molecule has 33 heavy (non-hydrogen) atoms. The molecule has 2 aromatic carbocycles. The van der Waals surface area contributed by atoms with Crippen LogP contribution < -0.4 is 4.74 Å². The highest BCUT2D eigenvalue weighted by molar-refractivity contribution is 6.14. The Morgan fingerprint density at radius 1 is 1.09 bits per heavy atom. The molecule has 1 unspecified atom stereocenters. The minimum Gasteiger partial charge on any atom is -0.503 e. The van der Waals surface area contributed by atoms with Gasteiger partial charge in [0.25, 0.3) is 5.91 Å². The Bertz CT molecular complexity index is 1190. The molecule has 6 nitrogen and oxygen atoms in total. The van der Waals surface area contributed by atoms with Gasteiger partial charge in [0.2, 0.25) is 0 Å². The molecular weight excluding hydrogens is 416 g/mol. The molecule has 4 rings (SSSR count). The van der Waals surface area contributed by atoms with Crippen molar-refractivity contribution >= 4 is 17.8 Å². The number of pyridine rings is 1. The van der Waals surface area contributed by atoms with Crippen molar-refractivity contribution in [2.45, 2.75) is 19.5 Å². The summed E-state index contributed by atoms with van der Waals surface area (Å²) < 4.78 is 5.52. The van der Waals surface area contributed by atoms with Crippen LogP contribution in [-0.2, 0) is 16.1 Å². The van der Waals surface area contributed by atoms with Crippen LogP contribution in [0.15, 0.2) is 96.5 Å². The van der Waals surface area contributed by atoms with Crippen molar-refractivity contribution in [3.63, 3.8) is 0 Å². The van der Waals surface area contributed by atoms with Gasteiger partial charge in [-0.05, 0) is 47.9 Å². The number of allylic oxidation sites excluding steroid dienone is 1. The summed E-state index contributed by atoms with van der Waals surface area (Å²) in [5.74, 6) is -0.846. The van der Waals surface area contributed by atoms with Crippen LogP contribution in [0.25, 0.3) is 6.08 Å². The fourth-order valence-electron chi connectivity index (χ4n) is 3.84. The lowest BCUT2D eigenvalue weighted by molar-refractivity contribution is -0.130. The zero-order valence-corrected chi connectivity index (χ0v) is 18.2. The number of hydrogen-bond acceptors (Lipinski definition) is 5. The van der Waals surface area contributed by atoms with Gasteiger partial charge in [-0.2, -0.15) is 0 Å². The van der Waals surface area contributed by atoms with E-state index in [2.05, 4.69) is 4.98 Å². The molecule has 0 fully saturated rings. The van der Waals surface area contributed by atoms with Gasteiger partial charge in [-0.15, -0.1) is 0 Å². The summed E-state index contributed by atoms with van der Waals surface area (Å²) in [6.45, 7) is 2.63. The fourth-order valence-corrected chi connectivity index (χ4v) is 3.84. The Kier molecular flexibility index (Phi) is 6.64. The monoisotopic (exact) mass is 440 g/mol. The maximum absolute atomic E-state index is 13.2. The lowest BCUT2D eigenvalue weighted by Crippen LogP contribution is -2.30. The van der Waals surface area contributed by atoms with Gasteiger partial charge in [-0.3, -0.25) is 14.6 Å². The van der Waals surface area contributed by atoms with Gasteiger partial charge in [0.15, 0.2) is 11.5 Å². The van der Waals surface area contributed by atoms with Gasteiger partial charge in [0.1, 0.15) is 5.75 Å². The summed E-state index contributed by atoms with van der Waals surface area (Å²) in [7, 11) is 0. The Morgan fingerprint density at radius 2 is 1.85 bits per heavy atom.